The number of amides is 1. The molecule has 1 amide bonds. The van der Waals surface area contributed by atoms with E-state index < -0.39 is 0 Å². The molecule has 0 saturated carbocycles. The number of carbonyl (C=O) groups is 1. The van der Waals surface area contributed by atoms with Crippen LogP contribution in [0.4, 0.5) is 5.69 Å². The van der Waals surface area contributed by atoms with E-state index in [0.717, 1.165) is 32.6 Å². The maximum absolute atomic E-state index is 13.0. The minimum Gasteiger partial charge on any atom is -0.491 e. The Morgan fingerprint density at radius 3 is 2.86 bits per heavy atom. The molecule has 2 aromatic carbocycles. The predicted molar refractivity (Wildman–Crippen MR) is 92.1 cm³/mol. The molecule has 0 N–H and O–H groups in total. The number of carbonyl (C=O) groups excluding carboxylic acids is 1. The predicted octanol–water partition coefficient (Wildman–Crippen LogP) is 4.03. The third kappa shape index (κ3) is 2.77. The molecule has 0 unspecified atom stereocenters. The second-order valence-corrected chi connectivity index (χ2v) is 6.14. The van der Waals surface area contributed by atoms with E-state index in [1.807, 2.05) is 54.3 Å². The van der Waals surface area contributed by atoms with E-state index in [2.05, 4.69) is 22.6 Å². The molecular formula is C17H16INO2. The first-order valence-corrected chi connectivity index (χ1v) is 8.05. The van der Waals surface area contributed by atoms with E-state index in [0.29, 0.717) is 13.2 Å². The molecular weight excluding hydrogens is 377 g/mol. The molecule has 1 heterocycles. The molecule has 108 valence electrons. The number of hydrogen-bond acceptors (Lipinski definition) is 2. The first-order chi connectivity index (χ1) is 10.2. The van der Waals surface area contributed by atoms with Crippen LogP contribution in [0.1, 0.15) is 22.3 Å². The summed E-state index contributed by atoms with van der Waals surface area (Å²) >= 11 is 2.25. The molecule has 0 aliphatic carbocycles. The van der Waals surface area contributed by atoms with Crippen molar-refractivity contribution in [2.75, 3.05) is 18.1 Å². The molecule has 0 radical (unpaired) electrons. The Hall–Kier alpha value is -1.56. The standard InChI is InChI=1S/C17H16INO2/c1-12-6-4-7-13(16(12)18)17(20)19-10-5-11-21-15-9-3-2-8-14(15)19/h2-4,6-9H,5,10-11H2,1H3. The van der Waals surface area contributed by atoms with Gasteiger partial charge in [0.2, 0.25) is 0 Å². The van der Waals surface area contributed by atoms with Crippen LogP contribution in [0.2, 0.25) is 0 Å². The van der Waals surface area contributed by atoms with Gasteiger partial charge < -0.3 is 9.64 Å². The molecule has 0 bridgehead atoms. The molecule has 0 atom stereocenters. The van der Waals surface area contributed by atoms with Crippen LogP contribution in [0.5, 0.6) is 5.75 Å². The molecule has 0 spiro atoms. The Labute approximate surface area is 138 Å². The summed E-state index contributed by atoms with van der Waals surface area (Å²) < 4.78 is 6.74. The maximum Gasteiger partial charge on any atom is 0.259 e. The summed E-state index contributed by atoms with van der Waals surface area (Å²) in [6, 6.07) is 13.6. The molecule has 2 aromatic rings. The number of rotatable bonds is 1. The van der Waals surface area contributed by atoms with Gasteiger partial charge in [-0.05, 0) is 59.7 Å². The fourth-order valence-corrected chi connectivity index (χ4v) is 3.09. The summed E-state index contributed by atoms with van der Waals surface area (Å²) in [6.45, 7) is 3.35. The first kappa shape index (κ1) is 14.4. The molecule has 0 saturated heterocycles. The van der Waals surface area contributed by atoms with Crippen molar-refractivity contribution in [3.05, 3.63) is 57.2 Å². The van der Waals surface area contributed by atoms with Gasteiger partial charge in [-0.2, -0.15) is 0 Å². The van der Waals surface area contributed by atoms with Crippen molar-refractivity contribution in [2.24, 2.45) is 0 Å². The lowest BCUT2D eigenvalue weighted by Gasteiger charge is -2.22. The van der Waals surface area contributed by atoms with Gasteiger partial charge in [0, 0.05) is 10.1 Å². The molecule has 3 rings (SSSR count). The molecule has 21 heavy (non-hydrogen) atoms. The number of benzene rings is 2. The highest BCUT2D eigenvalue weighted by atomic mass is 127. The normalized spacial score (nSPS) is 14.1. The highest BCUT2D eigenvalue weighted by molar-refractivity contribution is 14.1. The second kappa shape index (κ2) is 6.05. The highest BCUT2D eigenvalue weighted by Crippen LogP contribution is 2.32. The van der Waals surface area contributed by atoms with Gasteiger partial charge in [0.15, 0.2) is 0 Å². The number of ether oxygens (including phenoxy) is 1. The van der Waals surface area contributed by atoms with Gasteiger partial charge in [0.05, 0.1) is 17.9 Å². The number of para-hydroxylation sites is 2. The minimum absolute atomic E-state index is 0.0426. The first-order valence-electron chi connectivity index (χ1n) is 6.97. The van der Waals surface area contributed by atoms with Gasteiger partial charge in [-0.15, -0.1) is 0 Å². The van der Waals surface area contributed by atoms with Crippen molar-refractivity contribution in [1.82, 2.24) is 0 Å². The number of fused-ring (bicyclic) bond motifs is 1. The van der Waals surface area contributed by atoms with Gasteiger partial charge >= 0.3 is 0 Å². The van der Waals surface area contributed by atoms with Crippen LogP contribution in [0.3, 0.4) is 0 Å². The largest absolute Gasteiger partial charge is 0.491 e. The Kier molecular flexibility index (Phi) is 4.14. The maximum atomic E-state index is 13.0. The summed E-state index contributed by atoms with van der Waals surface area (Å²) in [5.74, 6) is 0.826. The van der Waals surface area contributed by atoms with E-state index in [1.54, 1.807) is 0 Å². The third-order valence-electron chi connectivity index (χ3n) is 3.61. The second-order valence-electron chi connectivity index (χ2n) is 5.06. The Bertz CT molecular complexity index is 684. The fraction of sp³-hybridized carbons (Fsp3) is 0.235. The van der Waals surface area contributed by atoms with Crippen LogP contribution in [0.15, 0.2) is 42.5 Å². The topological polar surface area (TPSA) is 29.5 Å². The Balaban J connectivity index is 2.03. The average molecular weight is 393 g/mol. The summed E-state index contributed by atoms with van der Waals surface area (Å²) in [4.78, 5) is 14.8. The van der Waals surface area contributed by atoms with Gasteiger partial charge in [0.25, 0.3) is 5.91 Å². The number of hydrogen-bond donors (Lipinski definition) is 0. The van der Waals surface area contributed by atoms with Crippen LogP contribution in [-0.2, 0) is 0 Å². The van der Waals surface area contributed by atoms with Crippen molar-refractivity contribution < 1.29 is 9.53 Å². The SMILES string of the molecule is Cc1cccc(C(=O)N2CCCOc3ccccc32)c1I. The van der Waals surface area contributed by atoms with Crippen LogP contribution < -0.4 is 9.64 Å². The molecule has 0 fully saturated rings. The molecule has 1 aliphatic rings. The van der Waals surface area contributed by atoms with E-state index in [-0.39, 0.29) is 5.91 Å². The quantitative estimate of drug-likeness (QED) is 0.685. The molecule has 4 heteroatoms. The Morgan fingerprint density at radius 2 is 2.00 bits per heavy atom. The zero-order chi connectivity index (χ0) is 14.8. The summed E-state index contributed by atoms with van der Waals surface area (Å²) in [7, 11) is 0. The summed E-state index contributed by atoms with van der Waals surface area (Å²) in [6.07, 6.45) is 0.836. The van der Waals surface area contributed by atoms with E-state index in [4.69, 9.17) is 4.74 Å². The molecule has 1 aliphatic heterocycles. The van der Waals surface area contributed by atoms with Gasteiger partial charge in [-0.3, -0.25) is 4.79 Å². The number of aryl methyl sites for hydroxylation is 1. The van der Waals surface area contributed by atoms with Crippen molar-refractivity contribution in [2.45, 2.75) is 13.3 Å². The van der Waals surface area contributed by atoms with Crippen LogP contribution in [0, 0.1) is 10.5 Å². The van der Waals surface area contributed by atoms with Gasteiger partial charge in [0.1, 0.15) is 5.75 Å². The lowest BCUT2D eigenvalue weighted by atomic mass is 10.1. The van der Waals surface area contributed by atoms with Gasteiger partial charge in [-0.1, -0.05) is 24.3 Å². The lowest BCUT2D eigenvalue weighted by Crippen LogP contribution is -2.32. The fourth-order valence-electron chi connectivity index (χ4n) is 2.50. The summed E-state index contributed by atoms with van der Waals surface area (Å²) in [5, 5.41) is 0. The Morgan fingerprint density at radius 1 is 1.19 bits per heavy atom. The zero-order valence-corrected chi connectivity index (χ0v) is 14.0. The highest BCUT2D eigenvalue weighted by Gasteiger charge is 2.24. The van der Waals surface area contributed by atoms with Crippen molar-refractivity contribution in [1.29, 1.82) is 0 Å². The molecule has 0 aromatic heterocycles. The summed E-state index contributed by atoms with van der Waals surface area (Å²) in [5.41, 5.74) is 2.74. The van der Waals surface area contributed by atoms with E-state index in [9.17, 15) is 4.79 Å². The van der Waals surface area contributed by atoms with Crippen molar-refractivity contribution >= 4 is 34.2 Å². The van der Waals surface area contributed by atoms with Gasteiger partial charge in [-0.25, -0.2) is 0 Å². The number of nitrogens with zero attached hydrogens (tertiary/aromatic N) is 1. The van der Waals surface area contributed by atoms with Crippen LogP contribution in [-0.4, -0.2) is 19.1 Å². The van der Waals surface area contributed by atoms with Crippen molar-refractivity contribution in [3.8, 4) is 5.75 Å². The van der Waals surface area contributed by atoms with Crippen molar-refractivity contribution in [3.63, 3.8) is 0 Å². The third-order valence-corrected chi connectivity index (χ3v) is 5.04. The molecule has 3 nitrogen and oxygen atoms in total. The smallest absolute Gasteiger partial charge is 0.259 e. The lowest BCUT2D eigenvalue weighted by molar-refractivity contribution is 0.0986. The average Bonchev–Trinajstić information content (AvgIpc) is 2.72. The van der Waals surface area contributed by atoms with Crippen LogP contribution in [0.25, 0.3) is 0 Å². The minimum atomic E-state index is 0.0426. The number of anilines is 1. The zero-order valence-electron chi connectivity index (χ0n) is 11.8. The number of halogens is 1. The monoisotopic (exact) mass is 393 g/mol. The van der Waals surface area contributed by atoms with E-state index in [1.165, 1.54) is 0 Å². The van der Waals surface area contributed by atoms with Crippen LogP contribution >= 0.6 is 22.6 Å². The van der Waals surface area contributed by atoms with E-state index >= 15 is 0 Å².